The predicted molar refractivity (Wildman–Crippen MR) is 115 cm³/mol. The molecular formula is C21H21BrN2O2S. The van der Waals surface area contributed by atoms with E-state index in [9.17, 15) is 8.42 Å². The van der Waals surface area contributed by atoms with E-state index >= 15 is 0 Å². The van der Waals surface area contributed by atoms with E-state index in [1.807, 2.05) is 66.7 Å². The van der Waals surface area contributed by atoms with Crippen LogP contribution in [-0.4, -0.2) is 28.1 Å². The van der Waals surface area contributed by atoms with Gasteiger partial charge in [0.2, 0.25) is 10.0 Å². The third-order valence-corrected chi connectivity index (χ3v) is 6.12. The van der Waals surface area contributed by atoms with Gasteiger partial charge in [-0.05, 0) is 29.1 Å². The van der Waals surface area contributed by atoms with Gasteiger partial charge in [0.25, 0.3) is 0 Å². The molecule has 140 valence electrons. The van der Waals surface area contributed by atoms with Crippen molar-refractivity contribution in [1.29, 1.82) is 0 Å². The average molecular weight is 445 g/mol. The third-order valence-electron chi connectivity index (χ3n) is 4.08. The van der Waals surface area contributed by atoms with Gasteiger partial charge in [0, 0.05) is 29.5 Å². The molecule has 6 heteroatoms. The Labute approximate surface area is 168 Å². The molecule has 0 fully saturated rings. The highest BCUT2D eigenvalue weighted by Crippen LogP contribution is 2.22. The molecule has 27 heavy (non-hydrogen) atoms. The van der Waals surface area contributed by atoms with E-state index in [2.05, 4.69) is 26.0 Å². The number of benzene rings is 3. The molecule has 0 radical (unpaired) electrons. The molecule has 0 unspecified atom stereocenters. The van der Waals surface area contributed by atoms with Crippen LogP contribution in [0.3, 0.4) is 0 Å². The largest absolute Gasteiger partial charge is 0.312 e. The van der Waals surface area contributed by atoms with E-state index in [4.69, 9.17) is 0 Å². The zero-order valence-corrected chi connectivity index (χ0v) is 17.1. The first-order chi connectivity index (χ1) is 13.1. The van der Waals surface area contributed by atoms with Gasteiger partial charge in [-0.15, -0.1) is 0 Å². The van der Waals surface area contributed by atoms with E-state index in [-0.39, 0.29) is 0 Å². The predicted octanol–water partition coefficient (Wildman–Crippen LogP) is 4.18. The van der Waals surface area contributed by atoms with E-state index in [0.717, 1.165) is 20.8 Å². The van der Waals surface area contributed by atoms with Crippen LogP contribution in [0.2, 0.25) is 0 Å². The number of fused-ring (bicyclic) bond motifs is 1. The number of nitrogens with one attached hydrogen (secondary N) is 2. The second-order valence-electron chi connectivity index (χ2n) is 6.03. The number of rotatable bonds is 8. The summed E-state index contributed by atoms with van der Waals surface area (Å²) in [4.78, 5) is 0.315. The van der Waals surface area contributed by atoms with Crippen LogP contribution < -0.4 is 10.0 Å². The Bertz CT molecular complexity index is 1030. The SMILES string of the molecule is O=S(=O)(NCCNCC=Cc1ccc(Br)cc1)c1cccc2ccccc12. The van der Waals surface area contributed by atoms with E-state index in [1.54, 1.807) is 12.1 Å². The van der Waals surface area contributed by atoms with Gasteiger partial charge in [-0.25, -0.2) is 13.1 Å². The Morgan fingerprint density at radius 3 is 2.44 bits per heavy atom. The molecule has 0 amide bonds. The fourth-order valence-corrected chi connectivity index (χ4v) is 4.26. The van der Waals surface area contributed by atoms with Crippen molar-refractivity contribution < 1.29 is 8.42 Å². The zero-order valence-electron chi connectivity index (χ0n) is 14.7. The first kappa shape index (κ1) is 19.8. The fraction of sp³-hybridized carbons (Fsp3) is 0.143. The van der Waals surface area contributed by atoms with Crippen molar-refractivity contribution in [3.63, 3.8) is 0 Å². The summed E-state index contributed by atoms with van der Waals surface area (Å²) in [6, 6.07) is 20.8. The van der Waals surface area contributed by atoms with E-state index in [1.165, 1.54) is 0 Å². The lowest BCUT2D eigenvalue weighted by Crippen LogP contribution is -2.32. The van der Waals surface area contributed by atoms with Gasteiger partial charge in [-0.1, -0.05) is 76.6 Å². The Morgan fingerprint density at radius 2 is 1.63 bits per heavy atom. The van der Waals surface area contributed by atoms with Gasteiger partial charge < -0.3 is 5.32 Å². The monoisotopic (exact) mass is 444 g/mol. The summed E-state index contributed by atoms with van der Waals surface area (Å²) in [6.45, 7) is 1.55. The van der Waals surface area contributed by atoms with Crippen LogP contribution >= 0.6 is 15.9 Å². The minimum atomic E-state index is -3.54. The highest BCUT2D eigenvalue weighted by atomic mass is 79.9. The Balaban J connectivity index is 1.49. The summed E-state index contributed by atoms with van der Waals surface area (Å²) in [5.74, 6) is 0. The molecule has 0 spiro atoms. The maximum Gasteiger partial charge on any atom is 0.241 e. The van der Waals surface area contributed by atoms with Crippen molar-refractivity contribution in [2.45, 2.75) is 4.90 Å². The summed E-state index contributed by atoms with van der Waals surface area (Å²) in [5, 5.41) is 4.85. The van der Waals surface area contributed by atoms with E-state index in [0.29, 0.717) is 24.5 Å². The van der Waals surface area contributed by atoms with Crippen LogP contribution in [0.4, 0.5) is 0 Å². The maximum atomic E-state index is 12.6. The number of hydrogen-bond acceptors (Lipinski definition) is 3. The van der Waals surface area contributed by atoms with E-state index < -0.39 is 10.0 Å². The van der Waals surface area contributed by atoms with Gasteiger partial charge in [-0.3, -0.25) is 0 Å². The fourth-order valence-electron chi connectivity index (χ4n) is 2.74. The molecule has 0 aromatic heterocycles. The topological polar surface area (TPSA) is 58.2 Å². The minimum Gasteiger partial charge on any atom is -0.312 e. The lowest BCUT2D eigenvalue weighted by molar-refractivity contribution is 0.579. The molecule has 0 bridgehead atoms. The van der Waals surface area contributed by atoms with Crippen LogP contribution in [0.5, 0.6) is 0 Å². The van der Waals surface area contributed by atoms with Gasteiger partial charge in [0.05, 0.1) is 4.90 Å². The third kappa shape index (κ3) is 5.49. The summed E-state index contributed by atoms with van der Waals surface area (Å²) in [5.41, 5.74) is 1.12. The highest BCUT2D eigenvalue weighted by Gasteiger charge is 2.15. The molecule has 0 aliphatic carbocycles. The van der Waals surface area contributed by atoms with Crippen LogP contribution in [0.25, 0.3) is 16.8 Å². The van der Waals surface area contributed by atoms with Gasteiger partial charge in [-0.2, -0.15) is 0 Å². The summed E-state index contributed by atoms with van der Waals surface area (Å²) >= 11 is 3.41. The minimum absolute atomic E-state index is 0.315. The van der Waals surface area contributed by atoms with Crippen molar-refractivity contribution in [3.05, 3.63) is 82.8 Å². The number of halogens is 1. The van der Waals surface area contributed by atoms with Crippen molar-refractivity contribution >= 4 is 42.8 Å². The molecule has 0 heterocycles. The lowest BCUT2D eigenvalue weighted by Gasteiger charge is -2.09. The summed E-state index contributed by atoms with van der Waals surface area (Å²) < 4.78 is 28.9. The van der Waals surface area contributed by atoms with Gasteiger partial charge in [0.1, 0.15) is 0 Å². The highest BCUT2D eigenvalue weighted by molar-refractivity contribution is 9.10. The molecule has 0 saturated heterocycles. The molecular weight excluding hydrogens is 424 g/mol. The molecule has 3 aromatic rings. The van der Waals surface area contributed by atoms with Crippen LogP contribution in [-0.2, 0) is 10.0 Å². The van der Waals surface area contributed by atoms with Crippen molar-refractivity contribution in [2.24, 2.45) is 0 Å². The van der Waals surface area contributed by atoms with Crippen molar-refractivity contribution in [2.75, 3.05) is 19.6 Å². The molecule has 0 aliphatic rings. The van der Waals surface area contributed by atoms with Crippen molar-refractivity contribution in [3.8, 4) is 0 Å². The Morgan fingerprint density at radius 1 is 0.889 bits per heavy atom. The molecule has 4 nitrogen and oxygen atoms in total. The molecule has 3 rings (SSSR count). The second kappa shape index (κ2) is 9.28. The molecule has 0 saturated carbocycles. The second-order valence-corrected chi connectivity index (χ2v) is 8.68. The standard InChI is InChI=1S/C21H21BrN2O2S/c22-19-12-10-17(11-13-19)5-4-14-23-15-16-24-27(25,26)21-9-3-7-18-6-1-2-8-20(18)21/h1-13,23-24H,14-16H2. The van der Waals surface area contributed by atoms with Crippen LogP contribution in [0.1, 0.15) is 5.56 Å². The maximum absolute atomic E-state index is 12.6. The van der Waals surface area contributed by atoms with Crippen molar-refractivity contribution in [1.82, 2.24) is 10.0 Å². The smallest absolute Gasteiger partial charge is 0.241 e. The van der Waals surface area contributed by atoms with Gasteiger partial charge >= 0.3 is 0 Å². The summed E-state index contributed by atoms with van der Waals surface area (Å²) in [7, 11) is -3.54. The normalized spacial score (nSPS) is 12.0. The quantitative estimate of drug-likeness (QED) is 0.512. The first-order valence-electron chi connectivity index (χ1n) is 8.66. The number of hydrogen-bond donors (Lipinski definition) is 2. The molecule has 0 atom stereocenters. The molecule has 0 aliphatic heterocycles. The molecule has 2 N–H and O–H groups in total. The lowest BCUT2D eigenvalue weighted by atomic mass is 10.1. The summed E-state index contributed by atoms with van der Waals surface area (Å²) in [6.07, 6.45) is 4.04. The average Bonchev–Trinajstić information content (AvgIpc) is 2.68. The van der Waals surface area contributed by atoms with Gasteiger partial charge in [0.15, 0.2) is 0 Å². The molecule has 3 aromatic carbocycles. The number of sulfonamides is 1. The van der Waals surface area contributed by atoms with Crippen LogP contribution in [0, 0.1) is 0 Å². The Hall–Kier alpha value is -1.99. The zero-order chi connectivity index (χ0) is 19.1. The van der Waals surface area contributed by atoms with Crippen LogP contribution in [0.15, 0.2) is 82.2 Å². The first-order valence-corrected chi connectivity index (χ1v) is 10.9. The Kier molecular flexibility index (Phi) is 6.79.